The Morgan fingerprint density at radius 2 is 2.11 bits per heavy atom. The Morgan fingerprint density at radius 1 is 1.39 bits per heavy atom. The molecule has 0 aromatic heterocycles. The van der Waals surface area contributed by atoms with Gasteiger partial charge in [0.15, 0.2) is 6.04 Å². The average Bonchev–Trinajstić information content (AvgIpc) is 2.43. The standard InChI is InChI=1S/C12H15NO5/c1-17-9-5-3-4-8(6-9)11(15)13-10(7-14)12(16)18-2/h3-6,10,14H,7H2,1-2H3,(H,13,15). The van der Waals surface area contributed by atoms with E-state index in [-0.39, 0.29) is 0 Å². The summed E-state index contributed by atoms with van der Waals surface area (Å²) in [5.41, 5.74) is 0.330. The fourth-order valence-corrected chi connectivity index (χ4v) is 1.33. The summed E-state index contributed by atoms with van der Waals surface area (Å²) in [4.78, 5) is 23.0. The van der Waals surface area contributed by atoms with E-state index in [1.165, 1.54) is 20.3 Å². The molecule has 1 unspecified atom stereocenters. The van der Waals surface area contributed by atoms with Crippen LogP contribution >= 0.6 is 0 Å². The summed E-state index contributed by atoms with van der Waals surface area (Å²) in [5, 5.41) is 11.3. The van der Waals surface area contributed by atoms with Gasteiger partial charge in [-0.1, -0.05) is 6.07 Å². The van der Waals surface area contributed by atoms with E-state index in [1.807, 2.05) is 0 Å². The third kappa shape index (κ3) is 3.46. The highest BCUT2D eigenvalue weighted by atomic mass is 16.5. The van der Waals surface area contributed by atoms with Gasteiger partial charge >= 0.3 is 5.97 Å². The van der Waals surface area contributed by atoms with Crippen LogP contribution in [0.5, 0.6) is 5.75 Å². The van der Waals surface area contributed by atoms with E-state index < -0.39 is 24.5 Å². The molecule has 1 rings (SSSR count). The van der Waals surface area contributed by atoms with E-state index in [1.54, 1.807) is 18.2 Å². The highest BCUT2D eigenvalue weighted by molar-refractivity contribution is 5.97. The van der Waals surface area contributed by atoms with Gasteiger partial charge < -0.3 is 19.9 Å². The van der Waals surface area contributed by atoms with Gasteiger partial charge in [-0.3, -0.25) is 4.79 Å². The fourth-order valence-electron chi connectivity index (χ4n) is 1.33. The number of hydrogen-bond donors (Lipinski definition) is 2. The van der Waals surface area contributed by atoms with Crippen molar-refractivity contribution in [2.24, 2.45) is 0 Å². The van der Waals surface area contributed by atoms with Crippen molar-refractivity contribution in [3.05, 3.63) is 29.8 Å². The van der Waals surface area contributed by atoms with E-state index in [4.69, 9.17) is 9.84 Å². The van der Waals surface area contributed by atoms with E-state index in [0.717, 1.165) is 0 Å². The summed E-state index contributed by atoms with van der Waals surface area (Å²) in [6, 6.07) is 5.37. The summed E-state index contributed by atoms with van der Waals surface area (Å²) >= 11 is 0. The summed E-state index contributed by atoms with van der Waals surface area (Å²) in [7, 11) is 2.67. The lowest BCUT2D eigenvalue weighted by molar-refractivity contribution is -0.143. The van der Waals surface area contributed by atoms with Crippen LogP contribution in [0.1, 0.15) is 10.4 Å². The minimum Gasteiger partial charge on any atom is -0.497 e. The Morgan fingerprint density at radius 3 is 2.67 bits per heavy atom. The average molecular weight is 253 g/mol. The molecule has 0 saturated heterocycles. The number of hydrogen-bond acceptors (Lipinski definition) is 5. The zero-order valence-electron chi connectivity index (χ0n) is 10.2. The first kappa shape index (κ1) is 14.0. The van der Waals surface area contributed by atoms with Crippen molar-refractivity contribution in [2.45, 2.75) is 6.04 Å². The van der Waals surface area contributed by atoms with Crippen LogP contribution in [0.4, 0.5) is 0 Å². The van der Waals surface area contributed by atoms with Crippen molar-refractivity contribution in [2.75, 3.05) is 20.8 Å². The Labute approximate surface area is 105 Å². The number of aliphatic hydroxyl groups excluding tert-OH is 1. The van der Waals surface area contributed by atoms with Gasteiger partial charge in [0.1, 0.15) is 5.75 Å². The first-order chi connectivity index (χ1) is 8.62. The molecular formula is C12H15NO5. The second kappa shape index (κ2) is 6.61. The second-order valence-electron chi connectivity index (χ2n) is 3.46. The molecule has 2 N–H and O–H groups in total. The lowest BCUT2D eigenvalue weighted by Crippen LogP contribution is -2.44. The zero-order chi connectivity index (χ0) is 13.5. The first-order valence-corrected chi connectivity index (χ1v) is 5.26. The number of carbonyl (C=O) groups is 2. The van der Waals surface area contributed by atoms with Crippen LogP contribution in [-0.2, 0) is 9.53 Å². The van der Waals surface area contributed by atoms with E-state index >= 15 is 0 Å². The van der Waals surface area contributed by atoms with Crippen LogP contribution in [0.3, 0.4) is 0 Å². The molecule has 1 aromatic rings. The Bertz CT molecular complexity index is 432. The minimum absolute atomic E-state index is 0.330. The molecule has 0 bridgehead atoms. The largest absolute Gasteiger partial charge is 0.497 e. The molecule has 18 heavy (non-hydrogen) atoms. The Balaban J connectivity index is 2.77. The number of carbonyl (C=O) groups excluding carboxylic acids is 2. The van der Waals surface area contributed by atoms with Crippen molar-refractivity contribution >= 4 is 11.9 Å². The summed E-state index contributed by atoms with van der Waals surface area (Å²) in [6.07, 6.45) is 0. The molecule has 0 heterocycles. The third-order valence-corrected chi connectivity index (χ3v) is 2.31. The van der Waals surface area contributed by atoms with Crippen LogP contribution in [0.2, 0.25) is 0 Å². The van der Waals surface area contributed by atoms with Crippen LogP contribution < -0.4 is 10.1 Å². The number of ether oxygens (including phenoxy) is 2. The Hall–Kier alpha value is -2.08. The van der Waals surface area contributed by atoms with Crippen LogP contribution in [-0.4, -0.2) is 43.9 Å². The van der Waals surface area contributed by atoms with Gasteiger partial charge in [0, 0.05) is 5.56 Å². The van der Waals surface area contributed by atoms with E-state index in [0.29, 0.717) is 11.3 Å². The monoisotopic (exact) mass is 253 g/mol. The number of esters is 1. The second-order valence-corrected chi connectivity index (χ2v) is 3.46. The molecule has 1 aromatic carbocycles. The number of methoxy groups -OCH3 is 2. The van der Waals surface area contributed by atoms with Gasteiger partial charge in [-0.05, 0) is 18.2 Å². The van der Waals surface area contributed by atoms with Crippen molar-refractivity contribution in [3.63, 3.8) is 0 Å². The minimum atomic E-state index is -1.08. The first-order valence-electron chi connectivity index (χ1n) is 5.26. The van der Waals surface area contributed by atoms with Gasteiger partial charge in [-0.15, -0.1) is 0 Å². The predicted molar refractivity (Wildman–Crippen MR) is 63.4 cm³/mol. The highest BCUT2D eigenvalue weighted by Crippen LogP contribution is 2.12. The van der Waals surface area contributed by atoms with E-state index in [9.17, 15) is 9.59 Å². The summed E-state index contributed by atoms with van der Waals surface area (Å²) in [6.45, 7) is -0.525. The van der Waals surface area contributed by atoms with Crippen molar-refractivity contribution < 1.29 is 24.2 Å². The lowest BCUT2D eigenvalue weighted by atomic mass is 10.2. The van der Waals surface area contributed by atoms with Crippen LogP contribution in [0.15, 0.2) is 24.3 Å². The van der Waals surface area contributed by atoms with Gasteiger partial charge in [0.05, 0.1) is 20.8 Å². The molecule has 0 saturated carbocycles. The van der Waals surface area contributed by atoms with Crippen molar-refractivity contribution in [1.29, 1.82) is 0 Å². The summed E-state index contributed by atoms with van der Waals surface area (Å²) in [5.74, 6) is -0.659. The number of aliphatic hydroxyl groups is 1. The quantitative estimate of drug-likeness (QED) is 0.719. The number of amides is 1. The molecule has 6 nitrogen and oxygen atoms in total. The molecule has 1 amide bonds. The highest BCUT2D eigenvalue weighted by Gasteiger charge is 2.21. The smallest absolute Gasteiger partial charge is 0.330 e. The molecule has 0 spiro atoms. The third-order valence-electron chi connectivity index (χ3n) is 2.31. The normalized spacial score (nSPS) is 11.5. The maximum atomic E-state index is 11.8. The molecule has 0 fully saturated rings. The molecule has 98 valence electrons. The topological polar surface area (TPSA) is 84.9 Å². The van der Waals surface area contributed by atoms with Crippen LogP contribution in [0, 0.1) is 0 Å². The molecular weight excluding hydrogens is 238 g/mol. The maximum absolute atomic E-state index is 11.8. The van der Waals surface area contributed by atoms with Gasteiger partial charge in [-0.2, -0.15) is 0 Å². The zero-order valence-corrected chi connectivity index (χ0v) is 10.2. The number of rotatable bonds is 5. The lowest BCUT2D eigenvalue weighted by Gasteiger charge is -2.14. The van der Waals surface area contributed by atoms with Gasteiger partial charge in [0.2, 0.25) is 0 Å². The number of nitrogens with one attached hydrogen (secondary N) is 1. The predicted octanol–water partition coefficient (Wildman–Crippen LogP) is -0.0411. The Kier molecular flexibility index (Phi) is 5.13. The maximum Gasteiger partial charge on any atom is 0.330 e. The molecule has 6 heteroatoms. The molecule has 0 radical (unpaired) electrons. The molecule has 0 aliphatic heterocycles. The SMILES string of the molecule is COC(=O)C(CO)NC(=O)c1cccc(OC)c1. The van der Waals surface area contributed by atoms with Crippen molar-refractivity contribution in [3.8, 4) is 5.75 Å². The van der Waals surface area contributed by atoms with Crippen molar-refractivity contribution in [1.82, 2.24) is 5.32 Å². The molecule has 1 atom stereocenters. The van der Waals surface area contributed by atoms with Crippen LogP contribution in [0.25, 0.3) is 0 Å². The van der Waals surface area contributed by atoms with Gasteiger partial charge in [0.25, 0.3) is 5.91 Å². The fraction of sp³-hybridized carbons (Fsp3) is 0.333. The van der Waals surface area contributed by atoms with E-state index in [2.05, 4.69) is 10.1 Å². The molecule has 0 aliphatic carbocycles. The molecule has 0 aliphatic rings. The summed E-state index contributed by atoms with van der Waals surface area (Å²) < 4.78 is 9.43. The van der Waals surface area contributed by atoms with Gasteiger partial charge in [-0.25, -0.2) is 4.79 Å². The number of benzene rings is 1.